The van der Waals surface area contributed by atoms with Crippen LogP contribution in [0.2, 0.25) is 0 Å². The molecule has 1 unspecified atom stereocenters. The van der Waals surface area contributed by atoms with Gasteiger partial charge in [-0.05, 0) is 89.8 Å². The minimum atomic E-state index is -0.577. The molecular weight excluding hydrogens is 596 g/mol. The smallest absolute Gasteiger partial charge is 0.410 e. The van der Waals surface area contributed by atoms with Crippen LogP contribution in [0.25, 0.3) is 33.5 Å². The van der Waals surface area contributed by atoms with Crippen molar-refractivity contribution in [2.75, 3.05) is 46.4 Å². The molecular formula is C35H46N8O4. The number of nitrogens with zero attached hydrogens (tertiary/aromatic N) is 7. The summed E-state index contributed by atoms with van der Waals surface area (Å²) in [5.41, 5.74) is 5.38. The van der Waals surface area contributed by atoms with E-state index in [0.717, 1.165) is 65.5 Å². The molecule has 0 bridgehead atoms. The number of ether oxygens (including phenoxy) is 2. The molecule has 0 spiro atoms. The van der Waals surface area contributed by atoms with Crippen LogP contribution in [0.4, 0.5) is 4.79 Å². The van der Waals surface area contributed by atoms with Gasteiger partial charge < -0.3 is 29.2 Å². The highest BCUT2D eigenvalue weighted by atomic mass is 16.6. The first-order valence-electron chi connectivity index (χ1n) is 16.6. The van der Waals surface area contributed by atoms with Crippen LogP contribution in [-0.2, 0) is 16.0 Å². The Morgan fingerprint density at radius 1 is 1.11 bits per heavy atom. The maximum Gasteiger partial charge on any atom is 0.410 e. The van der Waals surface area contributed by atoms with Crippen LogP contribution in [-0.4, -0.2) is 103 Å². The first kappa shape index (κ1) is 32.6. The number of amides is 2. The molecule has 2 aliphatic heterocycles. The Hall–Kier alpha value is -4.29. The van der Waals surface area contributed by atoms with Crippen LogP contribution in [0.1, 0.15) is 74.8 Å². The highest BCUT2D eigenvalue weighted by Gasteiger charge is 2.27. The fraction of sp³-hybridized carbons (Fsp3) is 0.514. The van der Waals surface area contributed by atoms with Crippen molar-refractivity contribution in [3.63, 3.8) is 0 Å². The Labute approximate surface area is 276 Å². The van der Waals surface area contributed by atoms with Gasteiger partial charge >= 0.3 is 6.09 Å². The highest BCUT2D eigenvalue weighted by Crippen LogP contribution is 2.36. The van der Waals surface area contributed by atoms with Crippen LogP contribution < -0.4 is 0 Å². The van der Waals surface area contributed by atoms with E-state index in [1.54, 1.807) is 11.1 Å². The third-order valence-electron chi connectivity index (χ3n) is 8.98. The number of hydrogen-bond acceptors (Lipinski definition) is 8. The van der Waals surface area contributed by atoms with E-state index in [0.29, 0.717) is 50.0 Å². The van der Waals surface area contributed by atoms with E-state index < -0.39 is 5.60 Å². The molecule has 12 heteroatoms. The van der Waals surface area contributed by atoms with Crippen molar-refractivity contribution in [1.29, 1.82) is 0 Å². The van der Waals surface area contributed by atoms with E-state index in [2.05, 4.69) is 52.0 Å². The zero-order valence-electron chi connectivity index (χ0n) is 28.4. The minimum Gasteiger partial charge on any atom is -0.444 e. The number of H-pyrrole nitrogens is 1. The van der Waals surface area contributed by atoms with Gasteiger partial charge in [0.05, 0.1) is 18.3 Å². The van der Waals surface area contributed by atoms with Gasteiger partial charge in [0.15, 0.2) is 12.1 Å². The predicted molar refractivity (Wildman–Crippen MR) is 180 cm³/mol. The Morgan fingerprint density at radius 2 is 1.89 bits per heavy atom. The van der Waals surface area contributed by atoms with Gasteiger partial charge in [-0.3, -0.25) is 9.78 Å². The number of aromatic amines is 1. The molecule has 6 rings (SSSR count). The molecule has 1 atom stereocenters. The van der Waals surface area contributed by atoms with Crippen molar-refractivity contribution in [1.82, 2.24) is 39.4 Å². The summed E-state index contributed by atoms with van der Waals surface area (Å²) >= 11 is 0. The molecule has 0 radical (unpaired) electrons. The average Bonchev–Trinajstić information content (AvgIpc) is 3.69. The minimum absolute atomic E-state index is 0.0529. The average molecular weight is 643 g/mol. The fourth-order valence-electron chi connectivity index (χ4n) is 6.21. The van der Waals surface area contributed by atoms with Gasteiger partial charge in [-0.25, -0.2) is 14.5 Å². The number of nitrogens with one attached hydrogen (secondary N) is 1. The number of carbonyl (C=O) groups is 2. The van der Waals surface area contributed by atoms with Crippen LogP contribution in [0.5, 0.6) is 0 Å². The van der Waals surface area contributed by atoms with Crippen molar-refractivity contribution in [2.24, 2.45) is 0 Å². The number of hydrogen-bond donors (Lipinski definition) is 1. The zero-order chi connectivity index (χ0) is 33.3. The van der Waals surface area contributed by atoms with E-state index in [1.807, 2.05) is 49.7 Å². The number of pyridine rings is 1. The molecule has 2 amide bonds. The Kier molecular flexibility index (Phi) is 9.34. The molecule has 250 valence electrons. The molecule has 0 saturated carbocycles. The van der Waals surface area contributed by atoms with Crippen molar-refractivity contribution >= 4 is 22.9 Å². The van der Waals surface area contributed by atoms with Crippen LogP contribution in [0, 0.1) is 6.92 Å². The molecule has 5 heterocycles. The van der Waals surface area contributed by atoms with Gasteiger partial charge in [0.2, 0.25) is 0 Å². The molecule has 2 aliphatic rings. The molecule has 4 aromatic rings. The number of aromatic nitrogens is 5. The van der Waals surface area contributed by atoms with Crippen molar-refractivity contribution < 1.29 is 19.1 Å². The monoisotopic (exact) mass is 642 g/mol. The van der Waals surface area contributed by atoms with Crippen molar-refractivity contribution in [2.45, 2.75) is 72.3 Å². The topological polar surface area (TPSA) is 122 Å². The standard InChI is InChI=1S/C35H46N8O4/c1-7-41(34(45)47-35(3,4)5)22-25-19-36-20-27(23(25)2)24-11-12-29-26(18-24)31(39-43(29)30-10-8-9-17-46-30)32-37-21-28(38-32)33(44)42-15-13-40(6)14-16-42/h11-12,18-21,30H,7-10,13-17,22H2,1-6H3,(H,37,38). The SMILES string of the molecule is CCN(Cc1cncc(-c2ccc3c(c2)c(-c2ncc(C(=O)N4CCN(C)CC4)[nH]2)nn3C2CCCCO2)c1C)C(=O)OC(C)(C)C. The van der Waals surface area contributed by atoms with Gasteiger partial charge in [0.25, 0.3) is 5.91 Å². The molecule has 1 N–H and O–H groups in total. The van der Waals surface area contributed by atoms with Gasteiger partial charge in [-0.2, -0.15) is 5.10 Å². The van der Waals surface area contributed by atoms with Crippen LogP contribution >= 0.6 is 0 Å². The van der Waals surface area contributed by atoms with Gasteiger partial charge in [-0.1, -0.05) is 6.07 Å². The maximum absolute atomic E-state index is 13.3. The van der Waals surface area contributed by atoms with Crippen molar-refractivity contribution in [3.8, 4) is 22.6 Å². The Balaban J connectivity index is 1.36. The van der Waals surface area contributed by atoms with E-state index in [1.165, 1.54) is 0 Å². The Morgan fingerprint density at radius 3 is 2.60 bits per heavy atom. The van der Waals surface area contributed by atoms with Crippen LogP contribution in [0.15, 0.2) is 36.8 Å². The highest BCUT2D eigenvalue weighted by molar-refractivity contribution is 5.97. The Bertz CT molecular complexity index is 1740. The third kappa shape index (κ3) is 7.03. The van der Waals surface area contributed by atoms with E-state index in [-0.39, 0.29) is 18.2 Å². The molecule has 2 saturated heterocycles. The second-order valence-corrected chi connectivity index (χ2v) is 13.6. The normalized spacial score (nSPS) is 17.7. The summed E-state index contributed by atoms with van der Waals surface area (Å²) in [7, 11) is 2.07. The number of piperazine rings is 1. The summed E-state index contributed by atoms with van der Waals surface area (Å²) in [4.78, 5) is 44.5. The zero-order valence-corrected chi connectivity index (χ0v) is 28.4. The lowest BCUT2D eigenvalue weighted by Crippen LogP contribution is -2.47. The quantitative estimate of drug-likeness (QED) is 0.275. The van der Waals surface area contributed by atoms with Gasteiger partial charge in [-0.15, -0.1) is 0 Å². The number of benzene rings is 1. The van der Waals surface area contributed by atoms with E-state index >= 15 is 0 Å². The predicted octanol–water partition coefficient (Wildman–Crippen LogP) is 5.64. The summed E-state index contributed by atoms with van der Waals surface area (Å²) in [6.45, 7) is 14.3. The number of likely N-dealkylation sites (N-methyl/N-ethyl adjacent to an activating group) is 1. The van der Waals surface area contributed by atoms with Gasteiger partial charge in [0.1, 0.15) is 17.0 Å². The molecule has 12 nitrogen and oxygen atoms in total. The third-order valence-corrected chi connectivity index (χ3v) is 8.98. The summed E-state index contributed by atoms with van der Waals surface area (Å²) in [5, 5.41) is 5.95. The first-order chi connectivity index (χ1) is 22.5. The van der Waals surface area contributed by atoms with Crippen molar-refractivity contribution in [3.05, 3.63) is 53.6 Å². The molecule has 2 fully saturated rings. The molecule has 47 heavy (non-hydrogen) atoms. The lowest BCUT2D eigenvalue weighted by atomic mass is 9.97. The number of imidazole rings is 1. The second kappa shape index (κ2) is 13.4. The number of carbonyl (C=O) groups excluding carboxylic acids is 2. The molecule has 1 aromatic carbocycles. The molecule has 0 aliphatic carbocycles. The first-order valence-corrected chi connectivity index (χ1v) is 16.6. The number of fused-ring (bicyclic) bond motifs is 1. The second-order valence-electron chi connectivity index (χ2n) is 13.6. The van der Waals surface area contributed by atoms with Gasteiger partial charge in [0, 0.05) is 62.7 Å². The van der Waals surface area contributed by atoms with E-state index in [9.17, 15) is 9.59 Å². The summed E-state index contributed by atoms with van der Waals surface area (Å²) < 4.78 is 13.8. The summed E-state index contributed by atoms with van der Waals surface area (Å²) in [6, 6.07) is 6.26. The van der Waals surface area contributed by atoms with E-state index in [4.69, 9.17) is 14.6 Å². The summed E-state index contributed by atoms with van der Waals surface area (Å²) in [6.07, 6.45) is 7.75. The van der Waals surface area contributed by atoms with Crippen LogP contribution in [0.3, 0.4) is 0 Å². The maximum atomic E-state index is 13.3. The lowest BCUT2D eigenvalue weighted by molar-refractivity contribution is -0.0365. The lowest BCUT2D eigenvalue weighted by Gasteiger charge is -2.32. The molecule has 3 aromatic heterocycles. The fourth-order valence-corrected chi connectivity index (χ4v) is 6.21. The number of rotatable bonds is 7. The largest absolute Gasteiger partial charge is 0.444 e. The summed E-state index contributed by atoms with van der Waals surface area (Å²) in [5.74, 6) is 0.488.